The highest BCUT2D eigenvalue weighted by Crippen LogP contribution is 2.26. The molecular formula is C18H19BrN2O. The molecule has 0 spiro atoms. The number of piperazine rings is 1. The number of likely N-dealkylation sites (N-methyl/N-ethyl adjacent to an activating group) is 1. The van der Waals surface area contributed by atoms with Gasteiger partial charge in [0.2, 0.25) is 0 Å². The molecular weight excluding hydrogens is 340 g/mol. The standard InChI is InChI=1S/C18H19BrN2O/c1-20-11-12-21(17(13-20)14-5-3-2-4-6-14)18(22)15-7-9-16(19)10-8-15/h2-10,17H,11-13H2,1H3. The van der Waals surface area contributed by atoms with E-state index in [0.29, 0.717) is 0 Å². The molecule has 114 valence electrons. The summed E-state index contributed by atoms with van der Waals surface area (Å²) in [7, 11) is 2.11. The summed E-state index contributed by atoms with van der Waals surface area (Å²) in [5.41, 5.74) is 1.94. The molecule has 4 heteroatoms. The Balaban J connectivity index is 1.89. The summed E-state index contributed by atoms with van der Waals surface area (Å²) in [4.78, 5) is 17.2. The van der Waals surface area contributed by atoms with Gasteiger partial charge in [0.1, 0.15) is 0 Å². The average Bonchev–Trinajstić information content (AvgIpc) is 2.56. The number of hydrogen-bond acceptors (Lipinski definition) is 2. The first-order valence-electron chi connectivity index (χ1n) is 7.45. The van der Waals surface area contributed by atoms with Crippen molar-refractivity contribution in [2.45, 2.75) is 6.04 Å². The molecule has 2 aromatic carbocycles. The predicted octanol–water partition coefficient (Wildman–Crippen LogP) is 3.58. The Morgan fingerprint density at radius 1 is 1.05 bits per heavy atom. The van der Waals surface area contributed by atoms with Crippen LogP contribution < -0.4 is 0 Å². The highest BCUT2D eigenvalue weighted by molar-refractivity contribution is 9.10. The zero-order chi connectivity index (χ0) is 15.5. The van der Waals surface area contributed by atoms with Crippen molar-refractivity contribution >= 4 is 21.8 Å². The molecule has 1 amide bonds. The van der Waals surface area contributed by atoms with E-state index in [1.807, 2.05) is 47.4 Å². The summed E-state index contributed by atoms with van der Waals surface area (Å²) in [5.74, 6) is 0.106. The van der Waals surface area contributed by atoms with Crippen molar-refractivity contribution in [3.8, 4) is 0 Å². The maximum atomic E-state index is 12.9. The molecule has 0 aliphatic carbocycles. The lowest BCUT2D eigenvalue weighted by atomic mass is 10.0. The van der Waals surface area contributed by atoms with Crippen molar-refractivity contribution in [1.29, 1.82) is 0 Å². The Kier molecular flexibility index (Phi) is 4.60. The van der Waals surface area contributed by atoms with Crippen LogP contribution in [0.5, 0.6) is 0 Å². The SMILES string of the molecule is CN1CCN(C(=O)c2ccc(Br)cc2)C(c2ccccc2)C1. The molecule has 1 unspecified atom stereocenters. The van der Waals surface area contributed by atoms with E-state index in [1.165, 1.54) is 5.56 Å². The Labute approximate surface area is 139 Å². The molecule has 1 heterocycles. The van der Waals surface area contributed by atoms with Crippen LogP contribution in [0.15, 0.2) is 59.1 Å². The number of hydrogen-bond donors (Lipinski definition) is 0. The van der Waals surface area contributed by atoms with Gasteiger partial charge in [0.05, 0.1) is 6.04 Å². The van der Waals surface area contributed by atoms with Gasteiger partial charge in [0.25, 0.3) is 5.91 Å². The fraction of sp³-hybridized carbons (Fsp3) is 0.278. The van der Waals surface area contributed by atoms with Gasteiger partial charge in [0, 0.05) is 29.7 Å². The van der Waals surface area contributed by atoms with Crippen LogP contribution in [0.25, 0.3) is 0 Å². The third kappa shape index (κ3) is 3.23. The van der Waals surface area contributed by atoms with Crippen LogP contribution in [0.3, 0.4) is 0 Å². The van der Waals surface area contributed by atoms with Gasteiger partial charge in [0.15, 0.2) is 0 Å². The lowest BCUT2D eigenvalue weighted by Gasteiger charge is -2.40. The summed E-state index contributed by atoms with van der Waals surface area (Å²) >= 11 is 3.42. The van der Waals surface area contributed by atoms with E-state index in [0.717, 1.165) is 29.7 Å². The Morgan fingerprint density at radius 3 is 2.41 bits per heavy atom. The second kappa shape index (κ2) is 6.63. The van der Waals surface area contributed by atoms with Crippen molar-refractivity contribution in [3.63, 3.8) is 0 Å². The van der Waals surface area contributed by atoms with Crippen molar-refractivity contribution < 1.29 is 4.79 Å². The Morgan fingerprint density at radius 2 is 1.73 bits per heavy atom. The van der Waals surface area contributed by atoms with Crippen molar-refractivity contribution in [1.82, 2.24) is 9.80 Å². The van der Waals surface area contributed by atoms with Crippen LogP contribution in [-0.4, -0.2) is 42.4 Å². The summed E-state index contributed by atoms with van der Waals surface area (Å²) in [5, 5.41) is 0. The quantitative estimate of drug-likeness (QED) is 0.818. The van der Waals surface area contributed by atoms with Gasteiger partial charge in [-0.3, -0.25) is 4.79 Å². The van der Waals surface area contributed by atoms with Crippen LogP contribution in [0.4, 0.5) is 0 Å². The molecule has 1 saturated heterocycles. The first-order valence-corrected chi connectivity index (χ1v) is 8.24. The zero-order valence-electron chi connectivity index (χ0n) is 12.6. The minimum absolute atomic E-state index is 0.106. The second-order valence-electron chi connectivity index (χ2n) is 5.69. The summed E-state index contributed by atoms with van der Waals surface area (Å²) in [6.07, 6.45) is 0. The molecule has 1 fully saturated rings. The number of rotatable bonds is 2. The monoisotopic (exact) mass is 358 g/mol. The van der Waals surface area contributed by atoms with Gasteiger partial charge in [-0.15, -0.1) is 0 Å². The Bertz CT molecular complexity index is 642. The van der Waals surface area contributed by atoms with Crippen LogP contribution in [-0.2, 0) is 0 Å². The third-order valence-corrected chi connectivity index (χ3v) is 4.65. The van der Waals surface area contributed by atoms with Crippen molar-refractivity contribution in [2.75, 3.05) is 26.7 Å². The molecule has 0 N–H and O–H groups in total. The summed E-state index contributed by atoms with van der Waals surface area (Å²) in [6.45, 7) is 2.53. The van der Waals surface area contributed by atoms with Gasteiger partial charge in [-0.1, -0.05) is 46.3 Å². The minimum Gasteiger partial charge on any atom is -0.329 e. The van der Waals surface area contributed by atoms with Crippen molar-refractivity contribution in [3.05, 3.63) is 70.2 Å². The number of amides is 1. The molecule has 3 nitrogen and oxygen atoms in total. The number of carbonyl (C=O) groups is 1. The second-order valence-corrected chi connectivity index (χ2v) is 6.61. The molecule has 1 atom stereocenters. The highest BCUT2D eigenvalue weighted by atomic mass is 79.9. The summed E-state index contributed by atoms with van der Waals surface area (Å²) < 4.78 is 0.988. The van der Waals surface area contributed by atoms with E-state index in [4.69, 9.17) is 0 Å². The van der Waals surface area contributed by atoms with Crippen LogP contribution in [0.2, 0.25) is 0 Å². The molecule has 1 aliphatic heterocycles. The topological polar surface area (TPSA) is 23.6 Å². The minimum atomic E-state index is 0.106. The maximum Gasteiger partial charge on any atom is 0.254 e. The average molecular weight is 359 g/mol. The number of carbonyl (C=O) groups excluding carboxylic acids is 1. The molecule has 1 aliphatic rings. The normalized spacial score (nSPS) is 19.2. The number of halogens is 1. The molecule has 2 aromatic rings. The third-order valence-electron chi connectivity index (χ3n) is 4.12. The van der Waals surface area contributed by atoms with Gasteiger partial charge in [-0.2, -0.15) is 0 Å². The molecule has 3 rings (SSSR count). The first-order chi connectivity index (χ1) is 10.6. The van der Waals surface area contributed by atoms with E-state index in [-0.39, 0.29) is 11.9 Å². The smallest absolute Gasteiger partial charge is 0.254 e. The fourth-order valence-electron chi connectivity index (χ4n) is 2.88. The first kappa shape index (κ1) is 15.3. The molecule has 22 heavy (non-hydrogen) atoms. The maximum absolute atomic E-state index is 12.9. The largest absolute Gasteiger partial charge is 0.329 e. The van der Waals surface area contributed by atoms with Gasteiger partial charge in [-0.25, -0.2) is 0 Å². The van der Waals surface area contributed by atoms with Gasteiger partial charge >= 0.3 is 0 Å². The lowest BCUT2D eigenvalue weighted by Crippen LogP contribution is -2.49. The number of benzene rings is 2. The van der Waals surface area contributed by atoms with Crippen molar-refractivity contribution in [2.24, 2.45) is 0 Å². The predicted molar refractivity (Wildman–Crippen MR) is 91.9 cm³/mol. The molecule has 0 saturated carbocycles. The van der Waals surface area contributed by atoms with Gasteiger partial charge < -0.3 is 9.80 Å². The zero-order valence-corrected chi connectivity index (χ0v) is 14.2. The van der Waals surface area contributed by atoms with E-state index in [1.54, 1.807) is 0 Å². The molecule has 0 bridgehead atoms. The molecule has 0 aromatic heterocycles. The Hall–Kier alpha value is -1.65. The highest BCUT2D eigenvalue weighted by Gasteiger charge is 2.30. The number of nitrogens with zero attached hydrogens (tertiary/aromatic N) is 2. The molecule has 0 radical (unpaired) electrons. The lowest BCUT2D eigenvalue weighted by molar-refractivity contribution is 0.0498. The van der Waals surface area contributed by atoms with Crippen LogP contribution in [0, 0.1) is 0 Å². The van der Waals surface area contributed by atoms with E-state index < -0.39 is 0 Å². The van der Waals surface area contributed by atoms with E-state index >= 15 is 0 Å². The van der Waals surface area contributed by atoms with Gasteiger partial charge in [-0.05, 0) is 36.9 Å². The van der Waals surface area contributed by atoms with Crippen LogP contribution >= 0.6 is 15.9 Å². The van der Waals surface area contributed by atoms with E-state index in [9.17, 15) is 4.79 Å². The fourth-order valence-corrected chi connectivity index (χ4v) is 3.15. The van der Waals surface area contributed by atoms with Crippen LogP contribution in [0.1, 0.15) is 22.0 Å². The van der Waals surface area contributed by atoms with E-state index in [2.05, 4.69) is 40.0 Å². The summed E-state index contributed by atoms with van der Waals surface area (Å²) in [6, 6.07) is 18.0.